The van der Waals surface area contributed by atoms with Crippen molar-refractivity contribution in [1.29, 1.82) is 0 Å². The van der Waals surface area contributed by atoms with Gasteiger partial charge in [-0.15, -0.1) is 0 Å². The predicted octanol–water partition coefficient (Wildman–Crippen LogP) is 4.78. The lowest BCUT2D eigenvalue weighted by molar-refractivity contribution is 0.0956. The van der Waals surface area contributed by atoms with Crippen LogP contribution in [0.5, 0.6) is 17.2 Å². The molecule has 0 aliphatic heterocycles. The minimum absolute atomic E-state index is 0.0476. The zero-order valence-electron chi connectivity index (χ0n) is 18.3. The molecular weight excluding hydrogens is 418 g/mol. The molecule has 1 amide bonds. The van der Waals surface area contributed by atoms with Crippen molar-refractivity contribution >= 4 is 23.0 Å². The van der Waals surface area contributed by atoms with Gasteiger partial charge in [0, 0.05) is 10.9 Å². The zero-order valence-corrected chi connectivity index (χ0v) is 18.3. The highest BCUT2D eigenvalue weighted by Gasteiger charge is 2.14. The highest BCUT2D eigenvalue weighted by atomic mass is 16.5. The van der Waals surface area contributed by atoms with Gasteiger partial charge in [-0.2, -0.15) is 5.10 Å². The fourth-order valence-electron chi connectivity index (χ4n) is 3.40. The molecule has 33 heavy (non-hydrogen) atoms. The first kappa shape index (κ1) is 21.8. The molecule has 7 heteroatoms. The maximum atomic E-state index is 13.0. The van der Waals surface area contributed by atoms with Crippen LogP contribution < -0.4 is 14.9 Å². The Bertz CT molecular complexity index is 1330. The van der Waals surface area contributed by atoms with Gasteiger partial charge in [0.2, 0.25) is 0 Å². The molecule has 2 N–H and O–H groups in total. The number of nitrogens with zero attached hydrogens (tertiary/aromatic N) is 2. The van der Waals surface area contributed by atoms with Crippen LogP contribution >= 0.6 is 0 Å². The zero-order chi connectivity index (χ0) is 23.2. The van der Waals surface area contributed by atoms with Crippen LogP contribution in [0.3, 0.4) is 0 Å². The van der Waals surface area contributed by atoms with Gasteiger partial charge in [-0.1, -0.05) is 30.3 Å². The maximum absolute atomic E-state index is 13.0. The highest BCUT2D eigenvalue weighted by Crippen LogP contribution is 2.28. The Hall–Kier alpha value is -4.39. The summed E-state index contributed by atoms with van der Waals surface area (Å²) in [6, 6.07) is 21.6. The Morgan fingerprint density at radius 1 is 1.09 bits per heavy atom. The molecule has 0 saturated heterocycles. The van der Waals surface area contributed by atoms with E-state index in [0.717, 1.165) is 10.9 Å². The molecular formula is C26H23N3O4. The number of hydrogen-bond acceptors (Lipinski definition) is 6. The molecule has 4 rings (SSSR count). The fraction of sp³-hybridized carbons (Fsp3) is 0.115. The second kappa shape index (κ2) is 9.82. The van der Waals surface area contributed by atoms with E-state index in [1.54, 1.807) is 25.3 Å². The highest BCUT2D eigenvalue weighted by molar-refractivity contribution is 6.07. The first-order valence-electron chi connectivity index (χ1n) is 10.4. The molecule has 0 saturated carbocycles. The van der Waals surface area contributed by atoms with Gasteiger partial charge in [-0.25, -0.2) is 10.4 Å². The molecule has 0 fully saturated rings. The summed E-state index contributed by atoms with van der Waals surface area (Å²) in [5.41, 5.74) is 5.90. The molecule has 0 unspecified atom stereocenters. The van der Waals surface area contributed by atoms with Crippen molar-refractivity contribution in [2.24, 2.45) is 5.10 Å². The number of para-hydroxylation sites is 1. The van der Waals surface area contributed by atoms with Gasteiger partial charge in [-0.05, 0) is 55.0 Å². The van der Waals surface area contributed by atoms with Crippen molar-refractivity contribution in [3.05, 3.63) is 83.9 Å². The quantitative estimate of drug-likeness (QED) is 0.318. The van der Waals surface area contributed by atoms with Crippen molar-refractivity contribution in [2.75, 3.05) is 13.7 Å². The van der Waals surface area contributed by atoms with E-state index in [2.05, 4.69) is 10.5 Å². The molecule has 4 aromatic rings. The van der Waals surface area contributed by atoms with Crippen molar-refractivity contribution in [1.82, 2.24) is 10.4 Å². The van der Waals surface area contributed by atoms with Gasteiger partial charge in [0.25, 0.3) is 5.91 Å². The summed E-state index contributed by atoms with van der Waals surface area (Å²) >= 11 is 0. The summed E-state index contributed by atoms with van der Waals surface area (Å²) < 4.78 is 10.7. The Kier molecular flexibility index (Phi) is 6.50. The molecule has 0 atom stereocenters. The number of carbonyl (C=O) groups excluding carboxylic acids is 1. The Morgan fingerprint density at radius 2 is 1.94 bits per heavy atom. The van der Waals surface area contributed by atoms with Crippen LogP contribution in [-0.2, 0) is 0 Å². The first-order valence-corrected chi connectivity index (χ1v) is 10.4. The summed E-state index contributed by atoms with van der Waals surface area (Å²) in [5.74, 6) is 0.749. The third-order valence-corrected chi connectivity index (χ3v) is 4.99. The number of hydrazone groups is 1. The second-order valence-corrected chi connectivity index (χ2v) is 7.16. The van der Waals surface area contributed by atoms with Crippen molar-refractivity contribution in [2.45, 2.75) is 6.92 Å². The van der Waals surface area contributed by atoms with Gasteiger partial charge >= 0.3 is 0 Å². The third kappa shape index (κ3) is 4.93. The second-order valence-electron chi connectivity index (χ2n) is 7.16. The number of aromatic hydroxyl groups is 1. The topological polar surface area (TPSA) is 93.0 Å². The average Bonchev–Trinajstić information content (AvgIpc) is 2.85. The number of methoxy groups -OCH3 is 1. The van der Waals surface area contributed by atoms with Crippen LogP contribution in [0.4, 0.5) is 0 Å². The van der Waals surface area contributed by atoms with Gasteiger partial charge in [0.1, 0.15) is 5.75 Å². The molecule has 0 aliphatic rings. The molecule has 3 aromatic carbocycles. The number of phenols is 1. The standard InChI is InChI=1S/C26H23N3O4/c1-3-33-25-13-17(11-12-24(25)30)16-27-29-26(31)21-15-23(18-7-6-8-19(14-18)32-2)28-22-10-5-4-9-20(21)22/h4-16,30H,3H2,1-2H3,(H,29,31)/b27-16-. The van der Waals surface area contributed by atoms with Crippen molar-refractivity contribution < 1.29 is 19.4 Å². The van der Waals surface area contributed by atoms with E-state index in [0.29, 0.717) is 40.4 Å². The van der Waals surface area contributed by atoms with E-state index in [1.807, 2.05) is 55.5 Å². The van der Waals surface area contributed by atoms with E-state index < -0.39 is 0 Å². The SMILES string of the molecule is CCOc1cc(/C=N\NC(=O)c2cc(-c3cccc(OC)c3)nc3ccccc23)ccc1O. The number of phenolic OH excluding ortho intramolecular Hbond substituents is 1. The minimum atomic E-state index is -0.363. The van der Waals surface area contributed by atoms with Crippen LogP contribution in [0, 0.1) is 0 Å². The predicted molar refractivity (Wildman–Crippen MR) is 128 cm³/mol. The number of fused-ring (bicyclic) bond motifs is 1. The molecule has 7 nitrogen and oxygen atoms in total. The summed E-state index contributed by atoms with van der Waals surface area (Å²) in [7, 11) is 1.61. The number of carbonyl (C=O) groups is 1. The molecule has 0 spiro atoms. The summed E-state index contributed by atoms with van der Waals surface area (Å²) in [6.07, 6.45) is 1.49. The average molecular weight is 441 g/mol. The summed E-state index contributed by atoms with van der Waals surface area (Å²) in [4.78, 5) is 17.8. The number of rotatable bonds is 7. The van der Waals surface area contributed by atoms with E-state index in [-0.39, 0.29) is 11.7 Å². The number of pyridine rings is 1. The molecule has 166 valence electrons. The van der Waals surface area contributed by atoms with Crippen LogP contribution in [-0.4, -0.2) is 35.9 Å². The largest absolute Gasteiger partial charge is 0.504 e. The minimum Gasteiger partial charge on any atom is -0.504 e. The van der Waals surface area contributed by atoms with Crippen molar-refractivity contribution in [3.8, 4) is 28.5 Å². The lowest BCUT2D eigenvalue weighted by Crippen LogP contribution is -2.18. The smallest absolute Gasteiger partial charge is 0.272 e. The maximum Gasteiger partial charge on any atom is 0.272 e. The molecule has 1 aromatic heterocycles. The Labute approximate surface area is 191 Å². The Morgan fingerprint density at radius 3 is 2.76 bits per heavy atom. The van der Waals surface area contributed by atoms with E-state index in [1.165, 1.54) is 12.3 Å². The monoisotopic (exact) mass is 441 g/mol. The first-order chi connectivity index (χ1) is 16.1. The molecule has 0 bridgehead atoms. The molecule has 0 radical (unpaired) electrons. The van der Waals surface area contributed by atoms with Gasteiger partial charge in [0.05, 0.1) is 36.7 Å². The summed E-state index contributed by atoms with van der Waals surface area (Å²) in [5, 5.41) is 14.6. The fourth-order valence-corrected chi connectivity index (χ4v) is 3.40. The van der Waals surface area contributed by atoms with Crippen LogP contribution in [0.2, 0.25) is 0 Å². The third-order valence-electron chi connectivity index (χ3n) is 4.99. The van der Waals surface area contributed by atoms with E-state index in [4.69, 9.17) is 14.5 Å². The van der Waals surface area contributed by atoms with Crippen LogP contribution in [0.15, 0.2) is 77.9 Å². The number of aromatic nitrogens is 1. The van der Waals surface area contributed by atoms with E-state index in [9.17, 15) is 9.90 Å². The normalized spacial score (nSPS) is 11.0. The van der Waals surface area contributed by atoms with Gasteiger partial charge in [0.15, 0.2) is 11.5 Å². The number of nitrogens with one attached hydrogen (secondary N) is 1. The number of hydrogen-bond donors (Lipinski definition) is 2. The van der Waals surface area contributed by atoms with Crippen LogP contribution in [0.1, 0.15) is 22.8 Å². The molecule has 1 heterocycles. The number of amides is 1. The molecule has 0 aliphatic carbocycles. The van der Waals surface area contributed by atoms with Crippen molar-refractivity contribution in [3.63, 3.8) is 0 Å². The summed E-state index contributed by atoms with van der Waals surface area (Å²) in [6.45, 7) is 2.26. The Balaban J connectivity index is 1.63. The number of benzene rings is 3. The van der Waals surface area contributed by atoms with Gasteiger partial charge < -0.3 is 14.6 Å². The lowest BCUT2D eigenvalue weighted by Gasteiger charge is -2.10. The van der Waals surface area contributed by atoms with Gasteiger partial charge in [-0.3, -0.25) is 4.79 Å². The lowest BCUT2D eigenvalue weighted by atomic mass is 10.0. The van der Waals surface area contributed by atoms with Crippen LogP contribution in [0.25, 0.3) is 22.2 Å². The number of ether oxygens (including phenoxy) is 2. The van der Waals surface area contributed by atoms with E-state index >= 15 is 0 Å².